The number of nitrogens with zero attached hydrogens (tertiary/aromatic N) is 5. The molecule has 0 unspecified atom stereocenters. The summed E-state index contributed by atoms with van der Waals surface area (Å²) < 4.78 is 9.60. The fraction of sp³-hybridized carbons (Fsp3) is 0. The highest BCUT2D eigenvalue weighted by Gasteiger charge is 2.25. The van der Waals surface area contributed by atoms with Gasteiger partial charge < -0.3 is 8.98 Å². The van der Waals surface area contributed by atoms with E-state index >= 15 is 0 Å². The Kier molecular flexibility index (Phi) is 9.39. The number of fused-ring (bicyclic) bond motifs is 7. The predicted molar refractivity (Wildman–Crippen MR) is 277 cm³/mol. The van der Waals surface area contributed by atoms with Crippen LogP contribution in [0.4, 0.5) is 0 Å². The van der Waals surface area contributed by atoms with Crippen LogP contribution in [0.25, 0.3) is 128 Å². The van der Waals surface area contributed by atoms with Crippen molar-refractivity contribution in [1.82, 2.24) is 24.5 Å². The van der Waals surface area contributed by atoms with E-state index in [-0.39, 0.29) is 0 Å². The maximum absolute atomic E-state index is 7.27. The first-order valence-corrected chi connectivity index (χ1v) is 22.8. The van der Waals surface area contributed by atoms with Crippen LogP contribution in [0.5, 0.6) is 0 Å². The smallest absolute Gasteiger partial charge is 0.166 e. The minimum absolute atomic E-state index is 0.500. The molecule has 0 fully saturated rings. The second-order valence-electron chi connectivity index (χ2n) is 16.9. The molecule has 0 atom stereocenters. The van der Waals surface area contributed by atoms with Gasteiger partial charge >= 0.3 is 0 Å². The van der Waals surface area contributed by atoms with E-state index in [1.54, 1.807) is 0 Å². The molecule has 9 aromatic carbocycles. The SMILES string of the molecule is c1ccc(-c2nc(-c3ccccc3)nc(-c3cc(-c4c(-c5ccccc5)cccc4-c4ccccc4)cnc3-c3cccc4c3oc3c4ccc4c5ccccc5n(-c5ccccc5)c43)n2)cc1. The first-order chi connectivity index (χ1) is 33.7. The van der Waals surface area contributed by atoms with Gasteiger partial charge in [0.05, 0.1) is 16.7 Å². The molecule has 0 N–H and O–H groups in total. The molecule has 13 aromatic rings. The van der Waals surface area contributed by atoms with E-state index in [1.165, 1.54) is 0 Å². The minimum atomic E-state index is 0.500. The summed E-state index contributed by atoms with van der Waals surface area (Å²) in [5.41, 5.74) is 15.2. The van der Waals surface area contributed by atoms with Gasteiger partial charge in [0.2, 0.25) is 0 Å². The van der Waals surface area contributed by atoms with Crippen molar-refractivity contribution in [2.75, 3.05) is 0 Å². The summed E-state index contributed by atoms with van der Waals surface area (Å²) in [4.78, 5) is 21.2. The molecule has 68 heavy (non-hydrogen) atoms. The Balaban J connectivity index is 1.12. The Morgan fingerprint density at radius 2 is 0.824 bits per heavy atom. The van der Waals surface area contributed by atoms with Gasteiger partial charge in [0.1, 0.15) is 5.58 Å². The van der Waals surface area contributed by atoms with Gasteiger partial charge in [-0.1, -0.05) is 194 Å². The molecular formula is C62H39N5O. The number of rotatable bonds is 8. The number of hydrogen-bond acceptors (Lipinski definition) is 5. The number of benzene rings is 9. The first-order valence-electron chi connectivity index (χ1n) is 22.8. The van der Waals surface area contributed by atoms with Crippen LogP contribution in [0, 0.1) is 0 Å². The second-order valence-corrected chi connectivity index (χ2v) is 16.9. The van der Waals surface area contributed by atoms with Gasteiger partial charge in [-0.15, -0.1) is 0 Å². The molecule has 13 rings (SSSR count). The van der Waals surface area contributed by atoms with E-state index in [2.05, 4.69) is 174 Å². The number of aromatic nitrogens is 5. The Morgan fingerprint density at radius 3 is 1.46 bits per heavy atom. The van der Waals surface area contributed by atoms with Crippen LogP contribution >= 0.6 is 0 Å². The lowest BCUT2D eigenvalue weighted by Crippen LogP contribution is -2.02. The summed E-state index contributed by atoms with van der Waals surface area (Å²) >= 11 is 0. The molecule has 6 nitrogen and oxygen atoms in total. The second kappa shape index (κ2) is 16.3. The summed E-state index contributed by atoms with van der Waals surface area (Å²) in [5, 5.41) is 4.30. The highest BCUT2D eigenvalue weighted by atomic mass is 16.3. The van der Waals surface area contributed by atoms with E-state index in [4.69, 9.17) is 24.4 Å². The van der Waals surface area contributed by atoms with Crippen LogP contribution < -0.4 is 0 Å². The van der Waals surface area contributed by atoms with Crippen LogP contribution in [0.2, 0.25) is 0 Å². The van der Waals surface area contributed by atoms with Gasteiger partial charge in [-0.3, -0.25) is 4.98 Å². The fourth-order valence-corrected chi connectivity index (χ4v) is 9.83. The Hall–Kier alpha value is -9.26. The van der Waals surface area contributed by atoms with Crippen LogP contribution in [0.15, 0.2) is 241 Å². The molecule has 0 aliphatic heterocycles. The van der Waals surface area contributed by atoms with E-state index in [0.29, 0.717) is 23.2 Å². The average Bonchev–Trinajstić information content (AvgIpc) is 3.98. The fourth-order valence-electron chi connectivity index (χ4n) is 9.83. The van der Waals surface area contributed by atoms with Gasteiger partial charge in [-0.05, 0) is 64.2 Å². The van der Waals surface area contributed by atoms with E-state index < -0.39 is 0 Å². The van der Waals surface area contributed by atoms with Crippen molar-refractivity contribution in [3.05, 3.63) is 237 Å². The highest BCUT2D eigenvalue weighted by molar-refractivity contribution is 6.22. The molecule has 0 amide bonds. The molecule has 0 aliphatic carbocycles. The largest absolute Gasteiger partial charge is 0.453 e. The maximum Gasteiger partial charge on any atom is 0.166 e. The summed E-state index contributed by atoms with van der Waals surface area (Å²) in [6, 6.07) is 79.9. The number of para-hydroxylation sites is 3. The van der Waals surface area contributed by atoms with Crippen LogP contribution in [-0.4, -0.2) is 24.5 Å². The number of pyridine rings is 1. The van der Waals surface area contributed by atoms with Crippen molar-refractivity contribution in [2.45, 2.75) is 0 Å². The first kappa shape index (κ1) is 39.1. The third kappa shape index (κ3) is 6.58. The van der Waals surface area contributed by atoms with Crippen LogP contribution in [-0.2, 0) is 0 Å². The molecule has 4 aromatic heterocycles. The predicted octanol–water partition coefficient (Wildman–Crippen LogP) is 15.9. The summed E-state index contributed by atoms with van der Waals surface area (Å²) in [7, 11) is 0. The molecule has 0 radical (unpaired) electrons. The summed E-state index contributed by atoms with van der Waals surface area (Å²) in [5.74, 6) is 1.64. The number of furan rings is 1. The van der Waals surface area contributed by atoms with E-state index in [0.717, 1.165) is 105 Å². The molecule has 0 spiro atoms. The van der Waals surface area contributed by atoms with Gasteiger partial charge in [-0.2, -0.15) is 0 Å². The molecule has 0 aliphatic rings. The quantitative estimate of drug-likeness (QED) is 0.152. The molecule has 4 heterocycles. The Labute approximate surface area is 392 Å². The molecular weight excluding hydrogens is 831 g/mol. The van der Waals surface area contributed by atoms with Crippen LogP contribution in [0.1, 0.15) is 0 Å². The van der Waals surface area contributed by atoms with Crippen molar-refractivity contribution >= 4 is 43.7 Å². The van der Waals surface area contributed by atoms with Crippen molar-refractivity contribution in [2.24, 2.45) is 0 Å². The van der Waals surface area contributed by atoms with Crippen molar-refractivity contribution < 1.29 is 4.42 Å². The minimum Gasteiger partial charge on any atom is -0.453 e. The Morgan fingerprint density at radius 1 is 0.338 bits per heavy atom. The topological polar surface area (TPSA) is 69.6 Å². The van der Waals surface area contributed by atoms with E-state index in [1.807, 2.05) is 66.9 Å². The van der Waals surface area contributed by atoms with Gasteiger partial charge in [-0.25, -0.2) is 15.0 Å². The number of hydrogen-bond donors (Lipinski definition) is 0. The summed E-state index contributed by atoms with van der Waals surface area (Å²) in [6.45, 7) is 0. The lowest BCUT2D eigenvalue weighted by molar-refractivity contribution is 0.672. The normalized spacial score (nSPS) is 11.5. The van der Waals surface area contributed by atoms with Crippen molar-refractivity contribution in [3.63, 3.8) is 0 Å². The highest BCUT2D eigenvalue weighted by Crippen LogP contribution is 2.46. The molecule has 0 saturated carbocycles. The van der Waals surface area contributed by atoms with E-state index in [9.17, 15) is 0 Å². The molecule has 0 saturated heterocycles. The van der Waals surface area contributed by atoms with Gasteiger partial charge in [0, 0.05) is 61.2 Å². The monoisotopic (exact) mass is 869 g/mol. The zero-order chi connectivity index (χ0) is 45.0. The lowest BCUT2D eigenvalue weighted by atomic mass is 9.87. The zero-order valence-electron chi connectivity index (χ0n) is 36.7. The molecule has 318 valence electrons. The molecule has 0 bridgehead atoms. The van der Waals surface area contributed by atoms with Crippen LogP contribution in [0.3, 0.4) is 0 Å². The third-order valence-electron chi connectivity index (χ3n) is 12.9. The summed E-state index contributed by atoms with van der Waals surface area (Å²) in [6.07, 6.45) is 2.00. The van der Waals surface area contributed by atoms with Crippen molar-refractivity contribution in [3.8, 4) is 84.5 Å². The third-order valence-corrected chi connectivity index (χ3v) is 12.9. The lowest BCUT2D eigenvalue weighted by Gasteiger charge is -2.18. The average molecular weight is 870 g/mol. The molecule has 6 heteroatoms. The Bertz CT molecular complexity index is 3880. The van der Waals surface area contributed by atoms with Crippen molar-refractivity contribution in [1.29, 1.82) is 0 Å². The van der Waals surface area contributed by atoms with Gasteiger partial charge in [0.15, 0.2) is 23.1 Å². The maximum atomic E-state index is 7.27. The standard InChI is InChI=1S/C62H39N5O/c1-6-20-40(21-7-1)46-31-18-32-47(41-22-8-2-9-23-41)55(46)44-38-53(62-65-60(42-24-10-3-11-25-42)64-61(66-62)43-26-12-4-13-27-43)56(63-39-44)52-34-19-33-50-51-37-36-49-48-30-16-17-35-54(48)67(45-28-14-5-15-29-45)57(49)59(51)68-58(50)52/h1-39H. The zero-order valence-corrected chi connectivity index (χ0v) is 36.7. The van der Waals surface area contributed by atoms with Gasteiger partial charge in [0.25, 0.3) is 0 Å².